The maximum atomic E-state index is 10.8. The van der Waals surface area contributed by atoms with Gasteiger partial charge in [-0.05, 0) is 26.8 Å². The molecule has 3 nitrogen and oxygen atoms in total. The zero-order valence-corrected chi connectivity index (χ0v) is 7.72. The number of amides is 1. The van der Waals surface area contributed by atoms with Crippen molar-refractivity contribution in [1.29, 1.82) is 0 Å². The van der Waals surface area contributed by atoms with Crippen molar-refractivity contribution in [1.82, 2.24) is 0 Å². The molecule has 0 aromatic rings. The number of nitrogens with zero attached hydrogens (tertiary/aromatic N) is 1. The highest BCUT2D eigenvalue weighted by atomic mass is 16.1. The molecule has 0 bridgehead atoms. The predicted molar refractivity (Wildman–Crippen MR) is 50.9 cm³/mol. The molecule has 3 heteroatoms. The number of primary amides is 1. The molecular formula is C9H14N2O. The summed E-state index contributed by atoms with van der Waals surface area (Å²) in [6, 6.07) is 0. The van der Waals surface area contributed by atoms with Crippen LogP contribution in [-0.4, -0.2) is 11.6 Å². The molecule has 12 heavy (non-hydrogen) atoms. The van der Waals surface area contributed by atoms with Crippen molar-refractivity contribution in [3.8, 4) is 0 Å². The first-order valence-electron chi connectivity index (χ1n) is 3.62. The number of allylic oxidation sites excluding steroid dienone is 2. The molecule has 0 unspecified atom stereocenters. The van der Waals surface area contributed by atoms with Crippen LogP contribution in [0.3, 0.4) is 0 Å². The molecular weight excluding hydrogens is 152 g/mol. The van der Waals surface area contributed by atoms with Gasteiger partial charge in [0.2, 0.25) is 0 Å². The predicted octanol–water partition coefficient (Wildman–Crippen LogP) is 1.41. The van der Waals surface area contributed by atoms with Crippen LogP contribution in [0, 0.1) is 0 Å². The van der Waals surface area contributed by atoms with Crippen LogP contribution >= 0.6 is 0 Å². The molecule has 0 saturated heterocycles. The van der Waals surface area contributed by atoms with Crippen molar-refractivity contribution in [3.63, 3.8) is 0 Å². The third-order valence-electron chi connectivity index (χ3n) is 0.989. The highest BCUT2D eigenvalue weighted by molar-refractivity contribution is 6.43. The molecule has 1 amide bonds. The minimum Gasteiger partial charge on any atom is -0.364 e. The van der Waals surface area contributed by atoms with E-state index in [1.54, 1.807) is 13.0 Å². The molecule has 2 N–H and O–H groups in total. The lowest BCUT2D eigenvalue weighted by atomic mass is 10.2. The smallest absolute Gasteiger partial charge is 0.267 e. The van der Waals surface area contributed by atoms with Gasteiger partial charge in [0.1, 0.15) is 5.71 Å². The highest BCUT2D eigenvalue weighted by Crippen LogP contribution is 1.96. The van der Waals surface area contributed by atoms with Gasteiger partial charge in [0.25, 0.3) is 5.91 Å². The van der Waals surface area contributed by atoms with E-state index in [1.165, 1.54) is 0 Å². The minimum atomic E-state index is -0.529. The van der Waals surface area contributed by atoms with Crippen molar-refractivity contribution in [2.75, 3.05) is 0 Å². The lowest BCUT2D eigenvalue weighted by Crippen LogP contribution is -2.21. The first kappa shape index (κ1) is 10.6. The molecule has 0 radical (unpaired) electrons. The van der Waals surface area contributed by atoms with Gasteiger partial charge in [0.15, 0.2) is 0 Å². The summed E-state index contributed by atoms with van der Waals surface area (Å²) in [6.45, 7) is 9.01. The lowest BCUT2D eigenvalue weighted by Gasteiger charge is -1.96. The first-order valence-corrected chi connectivity index (χ1v) is 3.62. The fourth-order valence-electron chi connectivity index (χ4n) is 0.638. The summed E-state index contributed by atoms with van der Waals surface area (Å²) in [6.07, 6.45) is 1.64. The number of rotatable bonds is 3. The van der Waals surface area contributed by atoms with Gasteiger partial charge in [-0.25, -0.2) is 4.99 Å². The van der Waals surface area contributed by atoms with Gasteiger partial charge in [0, 0.05) is 5.70 Å². The molecule has 0 aromatic carbocycles. The van der Waals surface area contributed by atoms with Crippen LogP contribution in [-0.2, 0) is 4.79 Å². The normalized spacial score (nSPS) is 10.8. The number of hydrogen-bond donors (Lipinski definition) is 1. The maximum absolute atomic E-state index is 10.8. The van der Waals surface area contributed by atoms with E-state index in [4.69, 9.17) is 5.73 Å². The van der Waals surface area contributed by atoms with E-state index in [9.17, 15) is 4.79 Å². The van der Waals surface area contributed by atoms with Gasteiger partial charge in [0.05, 0.1) is 0 Å². The van der Waals surface area contributed by atoms with Crippen molar-refractivity contribution in [3.05, 3.63) is 23.9 Å². The van der Waals surface area contributed by atoms with Crippen molar-refractivity contribution in [2.24, 2.45) is 10.7 Å². The number of aliphatic imine (C=N–C) groups is 1. The zero-order valence-electron chi connectivity index (χ0n) is 7.72. The van der Waals surface area contributed by atoms with Gasteiger partial charge < -0.3 is 5.73 Å². The average molecular weight is 166 g/mol. The second-order valence-corrected chi connectivity index (χ2v) is 2.82. The van der Waals surface area contributed by atoms with Crippen LogP contribution in [0.15, 0.2) is 28.9 Å². The zero-order chi connectivity index (χ0) is 9.72. The third-order valence-corrected chi connectivity index (χ3v) is 0.989. The second kappa shape index (κ2) is 4.49. The van der Waals surface area contributed by atoms with E-state index >= 15 is 0 Å². The molecule has 66 valence electrons. The topological polar surface area (TPSA) is 55.4 Å². The highest BCUT2D eigenvalue weighted by Gasteiger charge is 2.01. The van der Waals surface area contributed by atoms with Gasteiger partial charge >= 0.3 is 0 Å². The molecule has 0 spiro atoms. The third kappa shape index (κ3) is 4.44. The monoisotopic (exact) mass is 166 g/mol. The van der Waals surface area contributed by atoms with E-state index in [0.29, 0.717) is 5.70 Å². The number of nitrogens with two attached hydrogens (primary N) is 1. The van der Waals surface area contributed by atoms with Gasteiger partial charge in [-0.15, -0.1) is 0 Å². The van der Waals surface area contributed by atoms with Crippen molar-refractivity contribution in [2.45, 2.75) is 20.8 Å². The van der Waals surface area contributed by atoms with Crippen molar-refractivity contribution < 1.29 is 4.79 Å². The number of carbonyl (C=O) groups is 1. The Hall–Kier alpha value is -1.38. The van der Waals surface area contributed by atoms with Crippen LogP contribution in [0.4, 0.5) is 0 Å². The molecule has 0 aliphatic carbocycles. The van der Waals surface area contributed by atoms with Crippen LogP contribution in [0.1, 0.15) is 20.8 Å². The van der Waals surface area contributed by atoms with Crippen LogP contribution in [0.25, 0.3) is 0 Å². The standard InChI is InChI=1S/C9H14N2O/c1-6(2)5-8(9(10)12)11-7(3)4/h5H,3H2,1-2,4H3,(H2,10,12). The van der Waals surface area contributed by atoms with E-state index in [0.717, 1.165) is 5.57 Å². The summed E-state index contributed by atoms with van der Waals surface area (Å²) in [4.78, 5) is 14.7. The molecule has 0 aromatic heterocycles. The fraction of sp³-hybridized carbons (Fsp3) is 0.333. The van der Waals surface area contributed by atoms with Crippen molar-refractivity contribution >= 4 is 11.6 Å². The van der Waals surface area contributed by atoms with Gasteiger partial charge in [-0.1, -0.05) is 12.2 Å². The Balaban J connectivity index is 4.81. The summed E-state index contributed by atoms with van der Waals surface area (Å²) in [5.41, 5.74) is 6.88. The largest absolute Gasteiger partial charge is 0.364 e. The fourth-order valence-corrected chi connectivity index (χ4v) is 0.638. The average Bonchev–Trinajstić information content (AvgIpc) is 1.83. The number of hydrogen-bond acceptors (Lipinski definition) is 2. The summed E-state index contributed by atoms with van der Waals surface area (Å²) in [7, 11) is 0. The Morgan fingerprint density at radius 2 is 1.92 bits per heavy atom. The first-order chi connectivity index (χ1) is 5.43. The Kier molecular flexibility index (Phi) is 3.97. The molecule has 0 fully saturated rings. The SMILES string of the molecule is C=C(C)N=C(C=C(C)C)C(N)=O. The summed E-state index contributed by atoms with van der Waals surface area (Å²) in [5.74, 6) is -0.529. The summed E-state index contributed by atoms with van der Waals surface area (Å²) in [5, 5.41) is 0. The summed E-state index contributed by atoms with van der Waals surface area (Å²) >= 11 is 0. The molecule has 0 aliphatic rings. The molecule has 0 aliphatic heterocycles. The van der Waals surface area contributed by atoms with E-state index in [1.807, 2.05) is 13.8 Å². The molecule has 0 heterocycles. The lowest BCUT2D eigenvalue weighted by molar-refractivity contribution is -0.111. The van der Waals surface area contributed by atoms with Crippen LogP contribution in [0.5, 0.6) is 0 Å². The quantitative estimate of drug-likeness (QED) is 0.633. The van der Waals surface area contributed by atoms with Crippen LogP contribution < -0.4 is 5.73 Å². The van der Waals surface area contributed by atoms with Crippen LogP contribution in [0.2, 0.25) is 0 Å². The van der Waals surface area contributed by atoms with E-state index < -0.39 is 5.91 Å². The van der Waals surface area contributed by atoms with E-state index in [2.05, 4.69) is 11.6 Å². The van der Waals surface area contributed by atoms with E-state index in [-0.39, 0.29) is 5.71 Å². The molecule has 0 rings (SSSR count). The molecule has 0 atom stereocenters. The minimum absolute atomic E-state index is 0.252. The van der Waals surface area contributed by atoms with Gasteiger partial charge in [-0.3, -0.25) is 4.79 Å². The Morgan fingerprint density at radius 3 is 2.17 bits per heavy atom. The Morgan fingerprint density at radius 1 is 1.42 bits per heavy atom. The number of carbonyl (C=O) groups excluding carboxylic acids is 1. The maximum Gasteiger partial charge on any atom is 0.267 e. The Labute approximate surface area is 72.7 Å². The second-order valence-electron chi connectivity index (χ2n) is 2.82. The summed E-state index contributed by atoms with van der Waals surface area (Å²) < 4.78 is 0. The Bertz CT molecular complexity index is 258. The van der Waals surface area contributed by atoms with Gasteiger partial charge in [-0.2, -0.15) is 0 Å². The molecule has 0 saturated carbocycles.